The number of aromatic nitrogens is 3. The van der Waals surface area contributed by atoms with E-state index in [2.05, 4.69) is 14.6 Å². The predicted octanol–water partition coefficient (Wildman–Crippen LogP) is 1.94. The molecule has 18 heavy (non-hydrogen) atoms. The highest BCUT2D eigenvalue weighted by molar-refractivity contribution is 5.50. The van der Waals surface area contributed by atoms with Crippen LogP contribution in [0, 0.1) is 0 Å². The van der Waals surface area contributed by atoms with E-state index in [1.54, 1.807) is 6.92 Å². The Kier molecular flexibility index (Phi) is 2.93. The van der Waals surface area contributed by atoms with E-state index in [0.29, 0.717) is 6.54 Å². The van der Waals surface area contributed by atoms with Gasteiger partial charge in [0.05, 0.1) is 0 Å². The summed E-state index contributed by atoms with van der Waals surface area (Å²) >= 11 is 0. The average Bonchev–Trinajstić information content (AvgIpc) is 2.77. The molecule has 0 amide bonds. The van der Waals surface area contributed by atoms with Crippen LogP contribution >= 0.6 is 0 Å². The molecule has 2 heterocycles. The van der Waals surface area contributed by atoms with Gasteiger partial charge in [-0.2, -0.15) is 13.2 Å². The molecule has 0 aromatic carbocycles. The molecule has 0 radical (unpaired) electrons. The lowest BCUT2D eigenvalue weighted by Crippen LogP contribution is -2.17. The number of halogens is 3. The maximum Gasteiger partial charge on any atom is 0.470 e. The van der Waals surface area contributed by atoms with Crippen molar-refractivity contribution in [3.63, 3.8) is 0 Å². The molecule has 0 atom stereocenters. The molecule has 5 nitrogen and oxygen atoms in total. The summed E-state index contributed by atoms with van der Waals surface area (Å²) in [6.45, 7) is 2.24. The van der Waals surface area contributed by atoms with E-state index in [1.165, 1.54) is 16.8 Å². The smallest absolute Gasteiger partial charge is 0.413 e. The second-order valence-electron chi connectivity index (χ2n) is 3.45. The maximum atomic E-state index is 12.3. The van der Waals surface area contributed by atoms with E-state index in [9.17, 15) is 18.0 Å². The van der Waals surface area contributed by atoms with Crippen LogP contribution in [0.4, 0.5) is 13.2 Å². The summed E-state index contributed by atoms with van der Waals surface area (Å²) in [5, 5.41) is 6.15. The summed E-state index contributed by atoms with van der Waals surface area (Å²) in [5.74, 6) is -1.76. The summed E-state index contributed by atoms with van der Waals surface area (Å²) in [6, 6.07) is 2.59. The zero-order valence-corrected chi connectivity index (χ0v) is 9.23. The molecular weight excluding hydrogens is 251 g/mol. The second kappa shape index (κ2) is 4.28. The summed E-state index contributed by atoms with van der Waals surface area (Å²) in [6.07, 6.45) is -3.24. The van der Waals surface area contributed by atoms with Gasteiger partial charge in [0.15, 0.2) is 0 Å². The quantitative estimate of drug-likeness (QED) is 0.826. The lowest BCUT2D eigenvalue weighted by Gasteiger charge is -2.01. The van der Waals surface area contributed by atoms with Crippen molar-refractivity contribution in [2.24, 2.45) is 0 Å². The van der Waals surface area contributed by atoms with Crippen LogP contribution in [-0.4, -0.2) is 14.8 Å². The van der Waals surface area contributed by atoms with Gasteiger partial charge in [-0.25, -0.2) is 0 Å². The predicted molar refractivity (Wildman–Crippen MR) is 54.7 cm³/mol. The first-order valence-corrected chi connectivity index (χ1v) is 5.03. The van der Waals surface area contributed by atoms with Crippen molar-refractivity contribution in [1.82, 2.24) is 14.8 Å². The van der Waals surface area contributed by atoms with Gasteiger partial charge < -0.3 is 8.98 Å². The highest BCUT2D eigenvalue weighted by Gasteiger charge is 2.38. The van der Waals surface area contributed by atoms with E-state index >= 15 is 0 Å². The zero-order valence-electron chi connectivity index (χ0n) is 9.23. The summed E-state index contributed by atoms with van der Waals surface area (Å²) in [4.78, 5) is 11.5. The van der Waals surface area contributed by atoms with E-state index < -0.39 is 12.1 Å². The van der Waals surface area contributed by atoms with Crippen molar-refractivity contribution in [1.29, 1.82) is 0 Å². The Balaban J connectivity index is 2.41. The summed E-state index contributed by atoms with van der Waals surface area (Å²) in [7, 11) is 0. The monoisotopic (exact) mass is 259 g/mol. The van der Waals surface area contributed by atoms with E-state index in [4.69, 9.17) is 0 Å². The molecule has 2 rings (SSSR count). The zero-order chi connectivity index (χ0) is 13.3. The van der Waals surface area contributed by atoms with Gasteiger partial charge >= 0.3 is 12.1 Å². The van der Waals surface area contributed by atoms with Crippen molar-refractivity contribution in [2.75, 3.05) is 0 Å². The molecule has 0 bridgehead atoms. The van der Waals surface area contributed by atoms with Crippen molar-refractivity contribution in [2.45, 2.75) is 19.6 Å². The minimum Gasteiger partial charge on any atom is -0.413 e. The van der Waals surface area contributed by atoms with Crippen LogP contribution in [0.5, 0.6) is 0 Å². The second-order valence-corrected chi connectivity index (χ2v) is 3.45. The lowest BCUT2D eigenvalue weighted by molar-refractivity contribution is -0.156. The fourth-order valence-corrected chi connectivity index (χ4v) is 1.36. The van der Waals surface area contributed by atoms with Gasteiger partial charge in [-0.05, 0) is 13.0 Å². The fourth-order valence-electron chi connectivity index (χ4n) is 1.36. The Morgan fingerprint density at radius 2 is 2.11 bits per heavy atom. The van der Waals surface area contributed by atoms with E-state index in [0.717, 1.165) is 6.07 Å². The Labute approximate surface area is 98.9 Å². The standard InChI is InChI=1S/C10H8F3N3O2/c1-2-16-4-3-6(5-7(16)17)8-14-15-9(18-8)10(11,12)13/h3-5H,2H2,1H3. The number of pyridine rings is 1. The molecule has 0 unspecified atom stereocenters. The molecule has 8 heteroatoms. The highest BCUT2D eigenvalue weighted by Crippen LogP contribution is 2.29. The molecule has 0 saturated carbocycles. The Morgan fingerprint density at radius 3 is 2.61 bits per heavy atom. The Bertz CT molecular complexity index is 615. The SMILES string of the molecule is CCn1ccc(-c2nnc(C(F)(F)F)o2)cc1=O. The molecule has 0 spiro atoms. The van der Waals surface area contributed by atoms with Gasteiger partial charge in [0, 0.05) is 24.4 Å². The van der Waals surface area contributed by atoms with Gasteiger partial charge in [0.2, 0.25) is 5.89 Å². The number of rotatable bonds is 2. The van der Waals surface area contributed by atoms with Gasteiger partial charge in [0.25, 0.3) is 5.56 Å². The molecule has 96 valence electrons. The Morgan fingerprint density at radius 1 is 1.39 bits per heavy atom. The number of hydrogen-bond donors (Lipinski definition) is 0. The van der Waals surface area contributed by atoms with Crippen LogP contribution in [0.1, 0.15) is 12.8 Å². The van der Waals surface area contributed by atoms with Gasteiger partial charge in [-0.1, -0.05) is 0 Å². The number of aryl methyl sites for hydroxylation is 1. The molecule has 0 saturated heterocycles. The lowest BCUT2D eigenvalue weighted by atomic mass is 10.2. The van der Waals surface area contributed by atoms with E-state index in [-0.39, 0.29) is 17.0 Å². The minimum atomic E-state index is -4.69. The van der Waals surface area contributed by atoms with Crippen LogP contribution in [0.15, 0.2) is 27.5 Å². The number of hydrogen-bond acceptors (Lipinski definition) is 4. The van der Waals surface area contributed by atoms with Gasteiger partial charge in [-0.15, -0.1) is 10.2 Å². The summed E-state index contributed by atoms with van der Waals surface area (Å²) in [5.41, 5.74) is -0.186. The molecule has 0 fully saturated rings. The van der Waals surface area contributed by atoms with Crippen LogP contribution in [-0.2, 0) is 12.7 Å². The molecular formula is C10H8F3N3O2. The third kappa shape index (κ3) is 2.27. The first-order chi connectivity index (χ1) is 8.41. The van der Waals surface area contributed by atoms with Crippen LogP contribution in [0.25, 0.3) is 11.5 Å². The third-order valence-corrected chi connectivity index (χ3v) is 2.25. The fraction of sp³-hybridized carbons (Fsp3) is 0.300. The molecule has 2 aromatic heterocycles. The minimum absolute atomic E-state index is 0.160. The van der Waals surface area contributed by atoms with Gasteiger partial charge in [-0.3, -0.25) is 4.79 Å². The van der Waals surface area contributed by atoms with Crippen LogP contribution < -0.4 is 5.56 Å². The van der Waals surface area contributed by atoms with Crippen molar-refractivity contribution < 1.29 is 17.6 Å². The maximum absolute atomic E-state index is 12.3. The largest absolute Gasteiger partial charge is 0.470 e. The van der Waals surface area contributed by atoms with Crippen molar-refractivity contribution in [3.05, 3.63) is 34.6 Å². The topological polar surface area (TPSA) is 60.9 Å². The molecule has 0 aliphatic carbocycles. The van der Waals surface area contributed by atoms with Crippen LogP contribution in [0.3, 0.4) is 0 Å². The third-order valence-electron chi connectivity index (χ3n) is 2.25. The molecule has 2 aromatic rings. The van der Waals surface area contributed by atoms with Crippen molar-refractivity contribution in [3.8, 4) is 11.5 Å². The van der Waals surface area contributed by atoms with E-state index in [1.807, 2.05) is 0 Å². The normalized spacial score (nSPS) is 11.8. The first kappa shape index (κ1) is 12.3. The average molecular weight is 259 g/mol. The molecule has 0 N–H and O–H groups in total. The van der Waals surface area contributed by atoms with Crippen molar-refractivity contribution >= 4 is 0 Å². The number of nitrogens with zero attached hydrogens (tertiary/aromatic N) is 3. The molecule has 0 aliphatic rings. The highest BCUT2D eigenvalue weighted by atomic mass is 19.4. The molecule has 0 aliphatic heterocycles. The van der Waals surface area contributed by atoms with Crippen LogP contribution in [0.2, 0.25) is 0 Å². The Hall–Kier alpha value is -2.12. The summed E-state index contributed by atoms with van der Waals surface area (Å²) < 4.78 is 42.6. The first-order valence-electron chi connectivity index (χ1n) is 5.03. The van der Waals surface area contributed by atoms with Gasteiger partial charge in [0.1, 0.15) is 0 Å². The number of alkyl halides is 3.